The molecule has 1 amide bonds. The molecular weight excluding hydrogens is 342 g/mol. The molecule has 0 aliphatic heterocycles. The van der Waals surface area contributed by atoms with Gasteiger partial charge in [0.1, 0.15) is 23.9 Å². The quantitative estimate of drug-likeness (QED) is 0.714. The summed E-state index contributed by atoms with van der Waals surface area (Å²) in [6.07, 6.45) is -0.581. The predicted octanol–water partition coefficient (Wildman–Crippen LogP) is 3.96. The zero-order chi connectivity index (χ0) is 19.9. The molecule has 0 heterocycles. The van der Waals surface area contributed by atoms with Gasteiger partial charge in [0, 0.05) is 6.07 Å². The highest BCUT2D eigenvalue weighted by Gasteiger charge is 2.16. The van der Waals surface area contributed by atoms with Crippen molar-refractivity contribution in [3.63, 3.8) is 0 Å². The van der Waals surface area contributed by atoms with E-state index < -0.39 is 6.10 Å². The zero-order valence-electron chi connectivity index (χ0n) is 16.7. The first-order chi connectivity index (χ1) is 12.8. The molecule has 0 spiro atoms. The zero-order valence-corrected chi connectivity index (χ0v) is 16.7. The van der Waals surface area contributed by atoms with Crippen molar-refractivity contribution in [2.75, 3.05) is 20.3 Å². The minimum Gasteiger partial charge on any atom is -0.497 e. The maximum atomic E-state index is 12.2. The van der Waals surface area contributed by atoms with Gasteiger partial charge in [-0.3, -0.25) is 4.79 Å². The largest absolute Gasteiger partial charge is 0.497 e. The fraction of sp³-hybridized carbons (Fsp3) is 0.409. The monoisotopic (exact) mass is 371 g/mol. The summed E-state index contributed by atoms with van der Waals surface area (Å²) in [4.78, 5) is 12.2. The summed E-state index contributed by atoms with van der Waals surface area (Å²) in [7, 11) is 1.61. The van der Waals surface area contributed by atoms with Gasteiger partial charge in [0.2, 0.25) is 0 Å². The molecule has 1 unspecified atom stereocenters. The number of hydrogen-bond acceptors (Lipinski definition) is 4. The standard InChI is InChI=1S/C22H29NO4/c1-16(27-18-11-9-17(10-12-18)22(2,3)4)21(24)23-13-14-26-20-8-6-7-19(15-20)25-5/h6-12,15-16H,13-14H2,1-5H3,(H,23,24). The third kappa shape index (κ3) is 6.51. The smallest absolute Gasteiger partial charge is 0.260 e. The Bertz CT molecular complexity index is 735. The average molecular weight is 371 g/mol. The lowest BCUT2D eigenvalue weighted by molar-refractivity contribution is -0.127. The lowest BCUT2D eigenvalue weighted by Crippen LogP contribution is -2.38. The Balaban J connectivity index is 1.75. The van der Waals surface area contributed by atoms with Gasteiger partial charge < -0.3 is 19.5 Å². The van der Waals surface area contributed by atoms with E-state index >= 15 is 0 Å². The summed E-state index contributed by atoms with van der Waals surface area (Å²) in [5.74, 6) is 1.94. The van der Waals surface area contributed by atoms with Gasteiger partial charge in [-0.05, 0) is 42.2 Å². The number of hydrogen-bond donors (Lipinski definition) is 1. The topological polar surface area (TPSA) is 56.8 Å². The summed E-state index contributed by atoms with van der Waals surface area (Å²) in [5, 5.41) is 2.82. The van der Waals surface area contributed by atoms with Crippen molar-refractivity contribution in [3.8, 4) is 17.2 Å². The number of benzene rings is 2. The minimum absolute atomic E-state index is 0.0876. The van der Waals surface area contributed by atoms with Crippen LogP contribution in [0.15, 0.2) is 48.5 Å². The number of ether oxygens (including phenoxy) is 3. The number of carbonyl (C=O) groups is 1. The van der Waals surface area contributed by atoms with Crippen LogP contribution >= 0.6 is 0 Å². The molecule has 1 atom stereocenters. The Labute approximate surface area is 161 Å². The van der Waals surface area contributed by atoms with Gasteiger partial charge in [-0.1, -0.05) is 39.0 Å². The Morgan fingerprint density at radius 1 is 1.04 bits per heavy atom. The summed E-state index contributed by atoms with van der Waals surface area (Å²) < 4.78 is 16.5. The second-order valence-corrected chi connectivity index (χ2v) is 7.35. The Kier molecular flexibility index (Phi) is 7.11. The molecular formula is C22H29NO4. The number of rotatable bonds is 8. The molecule has 146 valence electrons. The van der Waals surface area contributed by atoms with Gasteiger partial charge in [0.05, 0.1) is 13.7 Å². The molecule has 5 heteroatoms. The van der Waals surface area contributed by atoms with Crippen molar-refractivity contribution < 1.29 is 19.0 Å². The van der Waals surface area contributed by atoms with Crippen molar-refractivity contribution >= 4 is 5.91 Å². The number of nitrogens with one attached hydrogen (secondary N) is 1. The molecule has 2 rings (SSSR count). The van der Waals surface area contributed by atoms with E-state index in [2.05, 4.69) is 26.1 Å². The first-order valence-corrected chi connectivity index (χ1v) is 9.11. The Morgan fingerprint density at radius 2 is 1.70 bits per heavy atom. The summed E-state index contributed by atoms with van der Waals surface area (Å²) in [6, 6.07) is 15.2. The van der Waals surface area contributed by atoms with Gasteiger partial charge in [-0.15, -0.1) is 0 Å². The van der Waals surface area contributed by atoms with E-state index in [-0.39, 0.29) is 11.3 Å². The molecule has 0 saturated heterocycles. The second-order valence-electron chi connectivity index (χ2n) is 7.35. The van der Waals surface area contributed by atoms with Crippen molar-refractivity contribution in [2.24, 2.45) is 0 Å². The van der Waals surface area contributed by atoms with E-state index in [1.165, 1.54) is 5.56 Å². The summed E-state index contributed by atoms with van der Waals surface area (Å²) >= 11 is 0. The van der Waals surface area contributed by atoms with Crippen LogP contribution in [-0.4, -0.2) is 32.3 Å². The Morgan fingerprint density at radius 3 is 2.33 bits per heavy atom. The van der Waals surface area contributed by atoms with Gasteiger partial charge in [-0.25, -0.2) is 0 Å². The molecule has 0 aliphatic carbocycles. The van der Waals surface area contributed by atoms with Gasteiger partial charge in [0.25, 0.3) is 5.91 Å². The normalized spacial score (nSPS) is 12.2. The molecule has 0 bridgehead atoms. The van der Waals surface area contributed by atoms with E-state index in [9.17, 15) is 4.79 Å². The molecule has 27 heavy (non-hydrogen) atoms. The van der Waals surface area contributed by atoms with Crippen LogP contribution in [0.4, 0.5) is 0 Å². The van der Waals surface area contributed by atoms with E-state index in [1.54, 1.807) is 20.1 Å². The molecule has 1 N–H and O–H groups in total. The van der Waals surface area contributed by atoms with Gasteiger partial charge >= 0.3 is 0 Å². The van der Waals surface area contributed by atoms with Crippen LogP contribution in [0.3, 0.4) is 0 Å². The Hall–Kier alpha value is -2.69. The fourth-order valence-electron chi connectivity index (χ4n) is 2.47. The maximum absolute atomic E-state index is 12.2. The molecule has 0 fully saturated rings. The molecule has 5 nitrogen and oxygen atoms in total. The predicted molar refractivity (Wildman–Crippen MR) is 107 cm³/mol. The molecule has 0 radical (unpaired) electrons. The number of amides is 1. The van der Waals surface area contributed by atoms with Crippen LogP contribution in [0.2, 0.25) is 0 Å². The average Bonchev–Trinajstić information content (AvgIpc) is 2.65. The van der Waals surface area contributed by atoms with Crippen LogP contribution in [-0.2, 0) is 10.2 Å². The van der Waals surface area contributed by atoms with E-state index in [4.69, 9.17) is 14.2 Å². The van der Waals surface area contributed by atoms with E-state index in [0.29, 0.717) is 24.7 Å². The summed E-state index contributed by atoms with van der Waals surface area (Å²) in [6.45, 7) is 8.97. The first kappa shape index (κ1) is 20.6. The van der Waals surface area contributed by atoms with E-state index in [0.717, 1.165) is 5.75 Å². The number of methoxy groups -OCH3 is 1. The molecule has 2 aromatic carbocycles. The lowest BCUT2D eigenvalue weighted by Gasteiger charge is -2.20. The third-order valence-electron chi connectivity index (χ3n) is 4.11. The van der Waals surface area contributed by atoms with Crippen molar-refractivity contribution in [1.29, 1.82) is 0 Å². The van der Waals surface area contributed by atoms with Crippen LogP contribution in [0.25, 0.3) is 0 Å². The van der Waals surface area contributed by atoms with Gasteiger partial charge in [-0.2, -0.15) is 0 Å². The second kappa shape index (κ2) is 9.31. The molecule has 0 aromatic heterocycles. The van der Waals surface area contributed by atoms with E-state index in [1.807, 2.05) is 42.5 Å². The maximum Gasteiger partial charge on any atom is 0.260 e. The van der Waals surface area contributed by atoms with Crippen LogP contribution in [0.5, 0.6) is 17.2 Å². The molecule has 2 aromatic rings. The van der Waals surface area contributed by atoms with Crippen molar-refractivity contribution in [3.05, 3.63) is 54.1 Å². The summed E-state index contributed by atoms with van der Waals surface area (Å²) in [5.41, 5.74) is 1.31. The lowest BCUT2D eigenvalue weighted by atomic mass is 9.87. The van der Waals surface area contributed by atoms with Crippen LogP contribution < -0.4 is 19.5 Å². The minimum atomic E-state index is -0.581. The number of carbonyl (C=O) groups excluding carboxylic acids is 1. The molecule has 0 aliphatic rings. The highest BCUT2D eigenvalue weighted by atomic mass is 16.5. The highest BCUT2D eigenvalue weighted by Crippen LogP contribution is 2.24. The van der Waals surface area contributed by atoms with Gasteiger partial charge in [0.15, 0.2) is 6.10 Å². The highest BCUT2D eigenvalue weighted by molar-refractivity contribution is 5.80. The molecule has 0 saturated carbocycles. The fourth-order valence-corrected chi connectivity index (χ4v) is 2.47. The van der Waals surface area contributed by atoms with Crippen LogP contribution in [0.1, 0.15) is 33.3 Å². The van der Waals surface area contributed by atoms with Crippen molar-refractivity contribution in [2.45, 2.75) is 39.2 Å². The SMILES string of the molecule is COc1cccc(OCCNC(=O)C(C)Oc2ccc(C(C)(C)C)cc2)c1. The first-order valence-electron chi connectivity index (χ1n) is 9.11. The van der Waals surface area contributed by atoms with Crippen LogP contribution in [0, 0.1) is 0 Å². The van der Waals surface area contributed by atoms with Crippen molar-refractivity contribution in [1.82, 2.24) is 5.32 Å². The third-order valence-corrected chi connectivity index (χ3v) is 4.11.